The maximum atomic E-state index is 12.9. The predicted octanol–water partition coefficient (Wildman–Crippen LogP) is 4.24. The Hall–Kier alpha value is -2.97. The van der Waals surface area contributed by atoms with Crippen molar-refractivity contribution < 1.29 is 19.1 Å². The molecule has 0 atom stereocenters. The molecule has 0 aromatic heterocycles. The smallest absolute Gasteiger partial charge is 0.257 e. The molecule has 1 fully saturated rings. The lowest BCUT2D eigenvalue weighted by Crippen LogP contribution is -2.34. The van der Waals surface area contributed by atoms with Gasteiger partial charge in [0.1, 0.15) is 12.4 Å². The van der Waals surface area contributed by atoms with E-state index < -0.39 is 0 Å². The molecule has 1 heterocycles. The number of nitrogens with one attached hydrogen (secondary N) is 2. The number of rotatable bonds is 8. The normalized spacial score (nSPS) is 13.7. The third kappa shape index (κ3) is 7.83. The molecule has 7 nitrogen and oxygen atoms in total. The van der Waals surface area contributed by atoms with Gasteiger partial charge in [-0.25, -0.2) is 0 Å². The van der Waals surface area contributed by atoms with Crippen molar-refractivity contribution in [1.29, 1.82) is 0 Å². The van der Waals surface area contributed by atoms with Crippen LogP contribution in [0.4, 0.5) is 5.69 Å². The van der Waals surface area contributed by atoms with Crippen LogP contribution < -0.4 is 15.4 Å². The molecule has 1 aliphatic rings. The van der Waals surface area contributed by atoms with Crippen LogP contribution in [0.1, 0.15) is 53.3 Å². The van der Waals surface area contributed by atoms with E-state index in [1.54, 1.807) is 36.4 Å². The van der Waals surface area contributed by atoms with Crippen molar-refractivity contribution >= 4 is 34.8 Å². The summed E-state index contributed by atoms with van der Waals surface area (Å²) < 4.78 is 10.8. The quantitative estimate of drug-likeness (QED) is 0.445. The number of amides is 2. The summed E-state index contributed by atoms with van der Waals surface area (Å²) in [6, 6.07) is 14.0. The summed E-state index contributed by atoms with van der Waals surface area (Å²) >= 11 is 5.30. The Bertz CT molecular complexity index is 941. The largest absolute Gasteiger partial charge is 0.491 e. The highest BCUT2D eigenvalue weighted by atomic mass is 32.1. The van der Waals surface area contributed by atoms with Crippen LogP contribution in [0.25, 0.3) is 0 Å². The first-order valence-electron chi connectivity index (χ1n) is 11.4. The minimum Gasteiger partial charge on any atom is -0.491 e. The van der Waals surface area contributed by atoms with E-state index in [1.807, 2.05) is 24.0 Å². The van der Waals surface area contributed by atoms with Gasteiger partial charge in [-0.15, -0.1) is 0 Å². The summed E-state index contributed by atoms with van der Waals surface area (Å²) in [5.74, 6) is 0.363. The highest BCUT2D eigenvalue weighted by Crippen LogP contribution is 2.17. The van der Waals surface area contributed by atoms with Crippen LogP contribution in [-0.2, 0) is 4.74 Å². The number of carbonyl (C=O) groups excluding carboxylic acids is 2. The minimum atomic E-state index is -0.329. The summed E-state index contributed by atoms with van der Waals surface area (Å²) in [7, 11) is 0. The Morgan fingerprint density at radius 1 is 0.970 bits per heavy atom. The second kappa shape index (κ2) is 12.9. The van der Waals surface area contributed by atoms with Gasteiger partial charge in [-0.1, -0.05) is 18.9 Å². The fourth-order valence-electron chi connectivity index (χ4n) is 3.59. The number of hydrogen-bond acceptors (Lipinski definition) is 5. The van der Waals surface area contributed by atoms with Crippen molar-refractivity contribution in [3.63, 3.8) is 0 Å². The molecule has 8 heteroatoms. The Balaban J connectivity index is 1.52. The predicted molar refractivity (Wildman–Crippen MR) is 133 cm³/mol. The molecule has 0 aliphatic carbocycles. The third-order valence-corrected chi connectivity index (χ3v) is 5.51. The van der Waals surface area contributed by atoms with Crippen LogP contribution in [0.15, 0.2) is 48.5 Å². The van der Waals surface area contributed by atoms with E-state index in [0.29, 0.717) is 42.4 Å². The Morgan fingerprint density at radius 3 is 2.39 bits per heavy atom. The van der Waals surface area contributed by atoms with Gasteiger partial charge in [0.05, 0.1) is 6.61 Å². The number of anilines is 1. The second-order valence-corrected chi connectivity index (χ2v) is 8.17. The van der Waals surface area contributed by atoms with Crippen molar-refractivity contribution in [2.24, 2.45) is 0 Å². The molecule has 2 N–H and O–H groups in total. The summed E-state index contributed by atoms with van der Waals surface area (Å²) in [4.78, 5) is 27.3. The van der Waals surface area contributed by atoms with Gasteiger partial charge in [0.2, 0.25) is 0 Å². The van der Waals surface area contributed by atoms with Gasteiger partial charge in [-0.2, -0.15) is 0 Å². The highest BCUT2D eigenvalue weighted by molar-refractivity contribution is 7.80. The molecule has 0 unspecified atom stereocenters. The molecule has 33 heavy (non-hydrogen) atoms. The number of ether oxygens (including phenoxy) is 2. The highest BCUT2D eigenvalue weighted by Gasteiger charge is 2.17. The van der Waals surface area contributed by atoms with Crippen LogP contribution in [0, 0.1) is 0 Å². The monoisotopic (exact) mass is 469 g/mol. The van der Waals surface area contributed by atoms with Crippen LogP contribution >= 0.6 is 12.2 Å². The number of thiocarbonyl (C=S) groups is 1. The van der Waals surface area contributed by atoms with Gasteiger partial charge >= 0.3 is 0 Å². The van der Waals surface area contributed by atoms with Gasteiger partial charge in [0.25, 0.3) is 11.8 Å². The molecule has 176 valence electrons. The first-order valence-corrected chi connectivity index (χ1v) is 11.8. The fraction of sp³-hybridized carbons (Fsp3) is 0.400. The van der Waals surface area contributed by atoms with Crippen LogP contribution in [0.2, 0.25) is 0 Å². The molecule has 0 radical (unpaired) electrons. The molecule has 2 aromatic rings. The van der Waals surface area contributed by atoms with Crippen LogP contribution in [0.3, 0.4) is 0 Å². The summed E-state index contributed by atoms with van der Waals surface area (Å²) in [6.07, 6.45) is 4.42. The maximum absolute atomic E-state index is 12.9. The van der Waals surface area contributed by atoms with Crippen LogP contribution in [-0.4, -0.2) is 54.7 Å². The molecule has 1 saturated heterocycles. The van der Waals surface area contributed by atoms with Crippen LogP contribution in [0.5, 0.6) is 5.75 Å². The molecule has 0 bridgehead atoms. The zero-order valence-corrected chi connectivity index (χ0v) is 19.8. The Morgan fingerprint density at radius 2 is 1.70 bits per heavy atom. The van der Waals surface area contributed by atoms with E-state index in [0.717, 1.165) is 25.9 Å². The SMILES string of the molecule is CCOCCOc1ccc(C(=O)NC(=S)Nc2cccc(C(=O)N3CCCCCC3)c2)cc1. The van der Waals surface area contributed by atoms with E-state index in [9.17, 15) is 9.59 Å². The molecular weight excluding hydrogens is 438 g/mol. The van der Waals surface area contributed by atoms with Crippen molar-refractivity contribution in [1.82, 2.24) is 10.2 Å². The third-order valence-electron chi connectivity index (χ3n) is 5.30. The molecule has 1 aliphatic heterocycles. The molecule has 2 amide bonds. The lowest BCUT2D eigenvalue weighted by molar-refractivity contribution is 0.0761. The van der Waals surface area contributed by atoms with Gasteiger partial charge in [0, 0.05) is 36.5 Å². The first kappa shape index (κ1) is 24.7. The molecule has 2 aromatic carbocycles. The summed E-state index contributed by atoms with van der Waals surface area (Å²) in [5.41, 5.74) is 1.72. The van der Waals surface area contributed by atoms with E-state index >= 15 is 0 Å². The van der Waals surface area contributed by atoms with Crippen molar-refractivity contribution in [3.8, 4) is 5.75 Å². The molecular formula is C25H31N3O4S. The van der Waals surface area contributed by atoms with Gasteiger partial charge in [0.15, 0.2) is 5.11 Å². The summed E-state index contributed by atoms with van der Waals surface area (Å²) in [5, 5.41) is 5.83. The Labute approximate surface area is 200 Å². The van der Waals surface area contributed by atoms with Crippen molar-refractivity contribution in [2.45, 2.75) is 32.6 Å². The van der Waals surface area contributed by atoms with Crippen molar-refractivity contribution in [2.75, 3.05) is 38.2 Å². The first-order chi connectivity index (χ1) is 16.1. The number of carbonyl (C=O) groups is 2. The lowest BCUT2D eigenvalue weighted by atomic mass is 10.1. The topological polar surface area (TPSA) is 79.9 Å². The van der Waals surface area contributed by atoms with Gasteiger partial charge < -0.3 is 19.7 Å². The minimum absolute atomic E-state index is 0.0269. The number of nitrogens with zero attached hydrogens (tertiary/aromatic N) is 1. The van der Waals surface area contributed by atoms with Gasteiger partial charge in [-0.05, 0) is 74.4 Å². The number of likely N-dealkylation sites (tertiary alicyclic amines) is 1. The standard InChI is InChI=1S/C25H31N3O4S/c1-2-31-16-17-32-22-12-10-19(11-13-22)23(29)27-25(33)26-21-9-7-8-20(18-21)24(30)28-14-5-3-4-6-15-28/h7-13,18H,2-6,14-17H2,1H3,(H2,26,27,29,33). The number of hydrogen-bond donors (Lipinski definition) is 2. The second-order valence-electron chi connectivity index (χ2n) is 7.77. The lowest BCUT2D eigenvalue weighted by Gasteiger charge is -2.20. The molecule has 0 saturated carbocycles. The van der Waals surface area contributed by atoms with Gasteiger partial charge in [-0.3, -0.25) is 14.9 Å². The van der Waals surface area contributed by atoms with E-state index in [2.05, 4.69) is 10.6 Å². The Kier molecular flexibility index (Phi) is 9.65. The van der Waals surface area contributed by atoms with E-state index in [-0.39, 0.29) is 16.9 Å². The van der Waals surface area contributed by atoms with E-state index in [4.69, 9.17) is 21.7 Å². The maximum Gasteiger partial charge on any atom is 0.257 e. The zero-order chi connectivity index (χ0) is 23.5. The average molecular weight is 470 g/mol. The average Bonchev–Trinajstić information content (AvgIpc) is 3.11. The molecule has 3 rings (SSSR count). The van der Waals surface area contributed by atoms with Crippen molar-refractivity contribution in [3.05, 3.63) is 59.7 Å². The number of benzene rings is 2. The zero-order valence-electron chi connectivity index (χ0n) is 19.0. The fourth-order valence-corrected chi connectivity index (χ4v) is 3.80. The van der Waals surface area contributed by atoms with E-state index in [1.165, 1.54) is 12.8 Å². The molecule has 0 spiro atoms. The summed E-state index contributed by atoms with van der Waals surface area (Å²) in [6.45, 7) is 5.13.